The number of hydrogen-bond donors (Lipinski definition) is 2. The molecule has 2 amide bonds. The number of hydrogen-bond acceptors (Lipinski definition) is 3. The lowest BCUT2D eigenvalue weighted by Gasteiger charge is -2.12. The van der Waals surface area contributed by atoms with E-state index in [1.807, 2.05) is 74.0 Å². The van der Waals surface area contributed by atoms with Gasteiger partial charge in [-0.25, -0.2) is 14.8 Å². The molecule has 0 aliphatic carbocycles. The van der Waals surface area contributed by atoms with Crippen molar-refractivity contribution in [3.8, 4) is 11.3 Å². The fourth-order valence-electron chi connectivity index (χ4n) is 3.22. The zero-order valence-corrected chi connectivity index (χ0v) is 16.0. The molecule has 2 N–H and O–H groups in total. The number of fused-ring (bicyclic) bond motifs is 1. The van der Waals surface area contributed by atoms with Gasteiger partial charge in [0.25, 0.3) is 0 Å². The van der Waals surface area contributed by atoms with E-state index in [2.05, 4.69) is 26.7 Å². The molecule has 28 heavy (non-hydrogen) atoms. The van der Waals surface area contributed by atoms with Crippen LogP contribution in [0.4, 0.5) is 16.2 Å². The van der Waals surface area contributed by atoms with Crippen molar-refractivity contribution in [1.82, 2.24) is 14.4 Å². The highest BCUT2D eigenvalue weighted by Crippen LogP contribution is 2.25. The van der Waals surface area contributed by atoms with E-state index < -0.39 is 0 Å². The lowest BCUT2D eigenvalue weighted by Crippen LogP contribution is -2.20. The summed E-state index contributed by atoms with van der Waals surface area (Å²) in [7, 11) is 0. The Morgan fingerprint density at radius 2 is 1.79 bits per heavy atom. The molecule has 0 atom stereocenters. The van der Waals surface area contributed by atoms with Gasteiger partial charge in [0.15, 0.2) is 0 Å². The van der Waals surface area contributed by atoms with Gasteiger partial charge in [-0.05, 0) is 61.7 Å². The van der Waals surface area contributed by atoms with E-state index >= 15 is 0 Å². The van der Waals surface area contributed by atoms with Gasteiger partial charge < -0.3 is 10.6 Å². The Kier molecular flexibility index (Phi) is 4.53. The molecule has 4 aromatic rings. The summed E-state index contributed by atoms with van der Waals surface area (Å²) in [6, 6.07) is 13.4. The van der Waals surface area contributed by atoms with Crippen molar-refractivity contribution < 1.29 is 4.79 Å². The van der Waals surface area contributed by atoms with Crippen LogP contribution in [0, 0.1) is 20.8 Å². The third-order valence-corrected chi connectivity index (χ3v) is 4.50. The van der Waals surface area contributed by atoms with E-state index in [9.17, 15) is 4.79 Å². The molecule has 140 valence electrons. The average Bonchev–Trinajstić information content (AvgIpc) is 3.06. The van der Waals surface area contributed by atoms with E-state index in [0.717, 1.165) is 39.3 Å². The Labute approximate surface area is 163 Å². The number of anilines is 2. The number of urea groups is 1. The molecule has 2 aromatic heterocycles. The summed E-state index contributed by atoms with van der Waals surface area (Å²) in [4.78, 5) is 21.3. The minimum Gasteiger partial charge on any atom is -0.308 e. The smallest absolute Gasteiger partial charge is 0.308 e. The third kappa shape index (κ3) is 3.71. The molecule has 0 aliphatic rings. The van der Waals surface area contributed by atoms with Crippen LogP contribution >= 0.6 is 0 Å². The zero-order chi connectivity index (χ0) is 19.7. The van der Waals surface area contributed by atoms with Crippen LogP contribution in [0.3, 0.4) is 0 Å². The number of imidazole rings is 1. The van der Waals surface area contributed by atoms with Crippen molar-refractivity contribution in [3.63, 3.8) is 0 Å². The maximum Gasteiger partial charge on any atom is 0.323 e. The predicted octanol–water partition coefficient (Wildman–Crippen LogP) is 4.97. The molecular formula is C22H21N5O. The lowest BCUT2D eigenvalue weighted by atomic mass is 10.1. The predicted molar refractivity (Wildman–Crippen MR) is 112 cm³/mol. The number of carbonyl (C=O) groups is 1. The van der Waals surface area contributed by atoms with Gasteiger partial charge in [0.2, 0.25) is 5.78 Å². The molecule has 0 bridgehead atoms. The molecule has 2 aromatic carbocycles. The Morgan fingerprint density at radius 3 is 2.54 bits per heavy atom. The number of carbonyl (C=O) groups excluding carboxylic acids is 1. The van der Waals surface area contributed by atoms with Crippen LogP contribution < -0.4 is 10.6 Å². The van der Waals surface area contributed by atoms with Crippen LogP contribution in [0.15, 0.2) is 61.1 Å². The highest BCUT2D eigenvalue weighted by atomic mass is 16.2. The lowest BCUT2D eigenvalue weighted by molar-refractivity contribution is 0.262. The number of benzene rings is 2. The van der Waals surface area contributed by atoms with E-state index in [0.29, 0.717) is 5.78 Å². The maximum absolute atomic E-state index is 12.5. The van der Waals surface area contributed by atoms with Crippen LogP contribution in [0.1, 0.15) is 16.7 Å². The molecule has 0 saturated carbocycles. The van der Waals surface area contributed by atoms with Crippen LogP contribution in [0.2, 0.25) is 0 Å². The molecule has 4 rings (SSSR count). The van der Waals surface area contributed by atoms with Crippen molar-refractivity contribution in [2.45, 2.75) is 20.8 Å². The van der Waals surface area contributed by atoms with Gasteiger partial charge in [-0.2, -0.15) is 0 Å². The number of aryl methyl sites for hydroxylation is 3. The average molecular weight is 371 g/mol. The van der Waals surface area contributed by atoms with Crippen LogP contribution in [-0.4, -0.2) is 20.4 Å². The highest BCUT2D eigenvalue weighted by molar-refractivity contribution is 6.00. The molecule has 0 radical (unpaired) electrons. The Hall–Kier alpha value is -3.67. The van der Waals surface area contributed by atoms with Gasteiger partial charge in [0.1, 0.15) is 0 Å². The minimum absolute atomic E-state index is 0.276. The largest absolute Gasteiger partial charge is 0.323 e. The quantitative estimate of drug-likeness (QED) is 0.534. The topological polar surface area (TPSA) is 71.3 Å². The van der Waals surface area contributed by atoms with Crippen molar-refractivity contribution in [2.75, 3.05) is 10.6 Å². The Bertz CT molecular complexity index is 1130. The van der Waals surface area contributed by atoms with Gasteiger partial charge in [-0.3, -0.25) is 4.40 Å². The Morgan fingerprint density at radius 1 is 1.00 bits per heavy atom. The van der Waals surface area contributed by atoms with Crippen LogP contribution in [-0.2, 0) is 0 Å². The molecule has 0 saturated heterocycles. The van der Waals surface area contributed by atoms with E-state index in [1.165, 1.54) is 0 Å². The first kappa shape index (κ1) is 17.7. The van der Waals surface area contributed by atoms with Crippen LogP contribution in [0.25, 0.3) is 17.0 Å². The molecular weight excluding hydrogens is 350 g/mol. The van der Waals surface area contributed by atoms with Crippen molar-refractivity contribution in [2.24, 2.45) is 0 Å². The zero-order valence-electron chi connectivity index (χ0n) is 16.0. The highest BCUT2D eigenvalue weighted by Gasteiger charge is 2.10. The summed E-state index contributed by atoms with van der Waals surface area (Å²) in [6.45, 7) is 5.97. The first-order valence-electron chi connectivity index (χ1n) is 9.05. The number of rotatable bonds is 3. The molecule has 6 nitrogen and oxygen atoms in total. The normalized spacial score (nSPS) is 10.8. The first-order valence-corrected chi connectivity index (χ1v) is 9.05. The van der Waals surface area contributed by atoms with Crippen molar-refractivity contribution in [1.29, 1.82) is 0 Å². The standard InChI is InChI=1S/C22H21N5O/c1-14-9-15(2)11-18(10-14)24-22(28)26-19-12-17(6-5-16(19)3)20-13-27-8-4-7-23-21(27)25-20/h4-13H,1-3H3,(H2,24,26,28). The summed E-state index contributed by atoms with van der Waals surface area (Å²) >= 11 is 0. The van der Waals surface area contributed by atoms with Gasteiger partial charge >= 0.3 is 6.03 Å². The van der Waals surface area contributed by atoms with Crippen molar-refractivity contribution >= 4 is 23.2 Å². The second kappa shape index (κ2) is 7.15. The van der Waals surface area contributed by atoms with Gasteiger partial charge in [0.05, 0.1) is 5.69 Å². The Balaban J connectivity index is 1.57. The molecule has 0 fully saturated rings. The SMILES string of the molecule is Cc1cc(C)cc(NC(=O)Nc2cc(-c3cn4cccnc4n3)ccc2C)c1. The molecule has 0 spiro atoms. The first-order chi connectivity index (χ1) is 13.5. The van der Waals surface area contributed by atoms with Gasteiger partial charge in [-0.1, -0.05) is 18.2 Å². The maximum atomic E-state index is 12.5. The summed E-state index contributed by atoms with van der Waals surface area (Å²) in [5, 5.41) is 5.84. The number of amides is 2. The fourth-order valence-corrected chi connectivity index (χ4v) is 3.22. The number of nitrogens with zero attached hydrogens (tertiary/aromatic N) is 3. The molecule has 0 aliphatic heterocycles. The van der Waals surface area contributed by atoms with Gasteiger partial charge in [-0.15, -0.1) is 0 Å². The number of aromatic nitrogens is 3. The summed E-state index contributed by atoms with van der Waals surface area (Å²) in [6.07, 6.45) is 5.54. The fraction of sp³-hybridized carbons (Fsp3) is 0.136. The second-order valence-corrected chi connectivity index (χ2v) is 6.94. The second-order valence-electron chi connectivity index (χ2n) is 6.94. The van der Waals surface area contributed by atoms with E-state index in [1.54, 1.807) is 6.20 Å². The summed E-state index contributed by atoms with van der Waals surface area (Å²) in [5.41, 5.74) is 6.41. The monoisotopic (exact) mass is 371 g/mol. The molecule has 6 heteroatoms. The molecule has 2 heterocycles. The summed E-state index contributed by atoms with van der Waals surface area (Å²) in [5.74, 6) is 0.639. The van der Waals surface area contributed by atoms with E-state index in [4.69, 9.17) is 0 Å². The van der Waals surface area contributed by atoms with Crippen LogP contribution in [0.5, 0.6) is 0 Å². The van der Waals surface area contributed by atoms with Crippen molar-refractivity contribution in [3.05, 3.63) is 77.7 Å². The minimum atomic E-state index is -0.276. The summed E-state index contributed by atoms with van der Waals surface area (Å²) < 4.78 is 1.87. The number of nitrogens with one attached hydrogen (secondary N) is 2. The van der Waals surface area contributed by atoms with E-state index in [-0.39, 0.29) is 6.03 Å². The molecule has 0 unspecified atom stereocenters. The van der Waals surface area contributed by atoms with Gasteiger partial charge in [0, 0.05) is 35.5 Å². The third-order valence-electron chi connectivity index (χ3n) is 4.50.